The molecule has 1 heterocycles. The lowest BCUT2D eigenvalue weighted by molar-refractivity contribution is -0.127. The van der Waals surface area contributed by atoms with Crippen LogP contribution in [0.2, 0.25) is 0 Å². The van der Waals surface area contributed by atoms with Gasteiger partial charge in [-0.1, -0.05) is 49.6 Å². The van der Waals surface area contributed by atoms with Crippen molar-refractivity contribution in [2.24, 2.45) is 0 Å². The van der Waals surface area contributed by atoms with E-state index in [0.717, 1.165) is 36.8 Å². The van der Waals surface area contributed by atoms with Gasteiger partial charge >= 0.3 is 0 Å². The summed E-state index contributed by atoms with van der Waals surface area (Å²) in [5, 5.41) is 0. The lowest BCUT2D eigenvalue weighted by Crippen LogP contribution is -2.55. The molecule has 0 unspecified atom stereocenters. The molecule has 1 aliphatic heterocycles. The number of carbonyl (C=O) groups is 1. The van der Waals surface area contributed by atoms with Crippen molar-refractivity contribution in [1.82, 2.24) is 13.5 Å². The first-order chi connectivity index (χ1) is 13.4. The molecule has 1 aromatic rings. The number of carbonyl (C=O) groups excluding carboxylic acids is 1. The fourth-order valence-electron chi connectivity index (χ4n) is 4.02. The highest BCUT2D eigenvalue weighted by Gasteiger charge is 2.35. The second-order valence-electron chi connectivity index (χ2n) is 7.73. The van der Waals surface area contributed by atoms with Crippen molar-refractivity contribution < 1.29 is 13.2 Å². The van der Waals surface area contributed by atoms with E-state index in [1.807, 2.05) is 37.3 Å². The highest BCUT2D eigenvalue weighted by atomic mass is 32.2. The number of benzene rings is 1. The zero-order chi connectivity index (χ0) is 20.1. The summed E-state index contributed by atoms with van der Waals surface area (Å²) in [5.41, 5.74) is 1.93. The molecular weight excluding hydrogens is 374 g/mol. The minimum atomic E-state index is -3.46. The van der Waals surface area contributed by atoms with E-state index in [4.69, 9.17) is 0 Å². The maximum atomic E-state index is 13.0. The maximum absolute atomic E-state index is 13.0. The number of nitrogens with zero attached hydrogens (tertiary/aromatic N) is 3. The SMILES string of the molecule is CC(=CC(=O)N1CCN(S(=O)(=O)N(C)C2CCCCC2)CC1)c1ccccc1. The average Bonchev–Trinajstić information content (AvgIpc) is 2.74. The van der Waals surface area contributed by atoms with Gasteiger partial charge in [-0.15, -0.1) is 0 Å². The number of hydrogen-bond donors (Lipinski definition) is 0. The quantitative estimate of drug-likeness (QED) is 0.708. The van der Waals surface area contributed by atoms with Crippen molar-refractivity contribution >= 4 is 21.7 Å². The molecule has 0 atom stereocenters. The third-order valence-corrected chi connectivity index (χ3v) is 7.94. The van der Waals surface area contributed by atoms with Crippen molar-refractivity contribution in [2.45, 2.75) is 45.1 Å². The van der Waals surface area contributed by atoms with E-state index in [1.54, 1.807) is 22.3 Å². The summed E-state index contributed by atoms with van der Waals surface area (Å²) >= 11 is 0. The summed E-state index contributed by atoms with van der Waals surface area (Å²) in [7, 11) is -1.76. The van der Waals surface area contributed by atoms with Gasteiger partial charge in [0.2, 0.25) is 5.91 Å². The molecule has 28 heavy (non-hydrogen) atoms. The first-order valence-electron chi connectivity index (χ1n) is 10.2. The Kier molecular flexibility index (Phi) is 6.91. The fraction of sp³-hybridized carbons (Fsp3) is 0.571. The van der Waals surface area contributed by atoms with Crippen LogP contribution in [0, 0.1) is 0 Å². The highest BCUT2D eigenvalue weighted by Crippen LogP contribution is 2.25. The smallest absolute Gasteiger partial charge is 0.282 e. The number of piperazine rings is 1. The monoisotopic (exact) mass is 405 g/mol. The number of amides is 1. The van der Waals surface area contributed by atoms with Crippen molar-refractivity contribution in [2.75, 3.05) is 33.2 Å². The van der Waals surface area contributed by atoms with Gasteiger partial charge in [0, 0.05) is 45.3 Å². The van der Waals surface area contributed by atoms with Gasteiger partial charge in [0.05, 0.1) is 0 Å². The summed E-state index contributed by atoms with van der Waals surface area (Å²) in [4.78, 5) is 14.3. The van der Waals surface area contributed by atoms with Gasteiger partial charge < -0.3 is 4.90 Å². The van der Waals surface area contributed by atoms with Crippen LogP contribution in [0.1, 0.15) is 44.6 Å². The molecular formula is C21H31N3O3S. The Labute approximate surface area is 169 Å². The van der Waals surface area contributed by atoms with E-state index >= 15 is 0 Å². The molecule has 3 rings (SSSR count). The zero-order valence-corrected chi connectivity index (χ0v) is 17.7. The number of allylic oxidation sites excluding steroid dienone is 1. The maximum Gasteiger partial charge on any atom is 0.282 e. The van der Waals surface area contributed by atoms with Gasteiger partial charge in [0.1, 0.15) is 0 Å². The van der Waals surface area contributed by atoms with Crippen LogP contribution in [-0.2, 0) is 15.0 Å². The van der Waals surface area contributed by atoms with Crippen molar-refractivity contribution in [3.8, 4) is 0 Å². The first kappa shape index (κ1) is 21.0. The van der Waals surface area contributed by atoms with Crippen molar-refractivity contribution in [1.29, 1.82) is 0 Å². The third-order valence-electron chi connectivity index (χ3n) is 5.90. The van der Waals surface area contributed by atoms with Gasteiger partial charge in [-0.25, -0.2) is 0 Å². The molecule has 154 valence electrons. The van der Waals surface area contributed by atoms with Crippen LogP contribution in [0.3, 0.4) is 0 Å². The lowest BCUT2D eigenvalue weighted by atomic mass is 9.96. The normalized spacial score (nSPS) is 20.5. The Hall–Kier alpha value is -1.70. The summed E-state index contributed by atoms with van der Waals surface area (Å²) in [6, 6.07) is 9.90. The summed E-state index contributed by atoms with van der Waals surface area (Å²) in [6.45, 7) is 3.48. The van der Waals surface area contributed by atoms with Gasteiger partial charge in [-0.3, -0.25) is 4.79 Å². The van der Waals surface area contributed by atoms with E-state index in [1.165, 1.54) is 10.7 Å². The fourth-order valence-corrected chi connectivity index (χ4v) is 5.59. The van der Waals surface area contributed by atoms with Gasteiger partial charge in [-0.2, -0.15) is 17.0 Å². The Morgan fingerprint density at radius 3 is 2.25 bits per heavy atom. The molecule has 1 saturated carbocycles. The minimum Gasteiger partial charge on any atom is -0.337 e. The van der Waals surface area contributed by atoms with Crippen LogP contribution in [0.25, 0.3) is 5.57 Å². The Morgan fingerprint density at radius 1 is 1.04 bits per heavy atom. The van der Waals surface area contributed by atoms with Crippen LogP contribution < -0.4 is 0 Å². The Balaban J connectivity index is 1.58. The first-order valence-corrected chi connectivity index (χ1v) is 11.5. The number of rotatable bonds is 5. The van der Waals surface area contributed by atoms with Crippen molar-refractivity contribution in [3.05, 3.63) is 42.0 Å². The van der Waals surface area contributed by atoms with Crippen LogP contribution in [0.4, 0.5) is 0 Å². The number of hydrogen-bond acceptors (Lipinski definition) is 3. The van der Waals surface area contributed by atoms with E-state index < -0.39 is 10.2 Å². The standard InChI is InChI=1S/C21H31N3O3S/c1-18(19-9-5-3-6-10-19)17-21(25)23-13-15-24(16-14-23)28(26,27)22(2)20-11-7-4-8-12-20/h3,5-6,9-10,17,20H,4,7-8,11-16H2,1-2H3. The van der Waals surface area contributed by atoms with Crippen LogP contribution >= 0.6 is 0 Å². The van der Waals surface area contributed by atoms with E-state index in [2.05, 4.69) is 0 Å². The zero-order valence-electron chi connectivity index (χ0n) is 16.9. The Bertz CT molecular complexity index is 793. The molecule has 0 spiro atoms. The van der Waals surface area contributed by atoms with Crippen molar-refractivity contribution in [3.63, 3.8) is 0 Å². The predicted molar refractivity (Wildman–Crippen MR) is 112 cm³/mol. The second-order valence-corrected chi connectivity index (χ2v) is 9.72. The summed E-state index contributed by atoms with van der Waals surface area (Å²) < 4.78 is 29.0. The second kappa shape index (κ2) is 9.20. The molecule has 0 aromatic heterocycles. The average molecular weight is 406 g/mol. The predicted octanol–water partition coefficient (Wildman–Crippen LogP) is 2.74. The van der Waals surface area contributed by atoms with Crippen LogP contribution in [-0.4, -0.2) is 67.1 Å². The van der Waals surface area contributed by atoms with E-state index in [9.17, 15) is 13.2 Å². The van der Waals surface area contributed by atoms with Crippen LogP contribution in [0.15, 0.2) is 36.4 Å². The molecule has 1 aromatic carbocycles. The Morgan fingerprint density at radius 2 is 1.64 bits per heavy atom. The van der Waals surface area contributed by atoms with E-state index in [-0.39, 0.29) is 11.9 Å². The summed E-state index contributed by atoms with van der Waals surface area (Å²) in [6.07, 6.45) is 6.92. The molecule has 0 N–H and O–H groups in total. The van der Waals surface area contributed by atoms with Crippen LogP contribution in [0.5, 0.6) is 0 Å². The summed E-state index contributed by atoms with van der Waals surface area (Å²) in [5.74, 6) is -0.0564. The molecule has 1 aliphatic carbocycles. The van der Waals surface area contributed by atoms with Gasteiger partial charge in [-0.05, 0) is 30.9 Å². The molecule has 7 heteroatoms. The molecule has 0 bridgehead atoms. The van der Waals surface area contributed by atoms with Gasteiger partial charge in [0.25, 0.3) is 10.2 Å². The molecule has 0 radical (unpaired) electrons. The molecule has 2 aliphatic rings. The largest absolute Gasteiger partial charge is 0.337 e. The minimum absolute atomic E-state index is 0.0564. The van der Waals surface area contributed by atoms with E-state index in [0.29, 0.717) is 26.2 Å². The topological polar surface area (TPSA) is 60.9 Å². The highest BCUT2D eigenvalue weighted by molar-refractivity contribution is 7.86. The molecule has 6 nitrogen and oxygen atoms in total. The molecule has 2 fully saturated rings. The molecule has 1 amide bonds. The third kappa shape index (κ3) is 4.82. The lowest BCUT2D eigenvalue weighted by Gasteiger charge is -2.38. The molecule has 1 saturated heterocycles. The van der Waals surface area contributed by atoms with Gasteiger partial charge in [0.15, 0.2) is 0 Å².